The number of carbonyl (C=O) groups is 2. The summed E-state index contributed by atoms with van der Waals surface area (Å²) in [4.78, 5) is 31.1. The van der Waals surface area contributed by atoms with Gasteiger partial charge in [-0.2, -0.15) is 5.10 Å². The third kappa shape index (κ3) is 4.98. The Hall–Kier alpha value is -3.69. The average molecular weight is 503 g/mol. The molecule has 1 saturated heterocycles. The van der Waals surface area contributed by atoms with Gasteiger partial charge in [-0.3, -0.25) is 14.7 Å². The van der Waals surface area contributed by atoms with E-state index in [1.54, 1.807) is 6.07 Å². The van der Waals surface area contributed by atoms with Crippen molar-refractivity contribution in [1.82, 2.24) is 20.4 Å². The fraction of sp³-hybridized carbons (Fsp3) is 0.296. The molecule has 1 fully saturated rings. The van der Waals surface area contributed by atoms with E-state index < -0.39 is 5.54 Å². The van der Waals surface area contributed by atoms with E-state index in [0.29, 0.717) is 21.8 Å². The molecule has 0 bridgehead atoms. The van der Waals surface area contributed by atoms with Crippen LogP contribution < -0.4 is 15.5 Å². The predicted molar refractivity (Wildman–Crippen MR) is 145 cm³/mol. The highest BCUT2D eigenvalue weighted by molar-refractivity contribution is 7.21. The number of nitrogens with zero attached hydrogens (tertiary/aromatic N) is 3. The Bertz CT molecular complexity index is 1370. The van der Waals surface area contributed by atoms with Crippen LogP contribution in [0, 0.1) is 0 Å². The van der Waals surface area contributed by atoms with Gasteiger partial charge in [-0.1, -0.05) is 30.3 Å². The standard InChI is InChI=1S/C27H30N6O2S/c1-27(2,19-7-5-4-6-8-19)29-26(35)22-17-21-23(36-22)24(31-30-21)28-25(34)18-9-11-20(12-10-18)33-15-13-32(3)14-16-33/h4-12,17H,13-16H2,1-3H3,(H,29,35)(H2,28,30,31,34). The Morgan fingerprint density at radius 3 is 2.36 bits per heavy atom. The van der Waals surface area contributed by atoms with Gasteiger partial charge in [0, 0.05) is 37.4 Å². The van der Waals surface area contributed by atoms with Crippen LogP contribution in [-0.4, -0.2) is 60.1 Å². The molecule has 2 amide bonds. The van der Waals surface area contributed by atoms with Gasteiger partial charge in [0.15, 0.2) is 5.82 Å². The number of nitrogens with one attached hydrogen (secondary N) is 3. The number of benzene rings is 2. The van der Waals surface area contributed by atoms with Crippen molar-refractivity contribution in [1.29, 1.82) is 0 Å². The van der Waals surface area contributed by atoms with Gasteiger partial charge in [0.25, 0.3) is 11.8 Å². The molecular weight excluding hydrogens is 472 g/mol. The van der Waals surface area contributed by atoms with Crippen LogP contribution in [0.25, 0.3) is 10.2 Å². The van der Waals surface area contributed by atoms with Crippen LogP contribution in [0.15, 0.2) is 60.7 Å². The second kappa shape index (κ2) is 9.75. The zero-order chi connectivity index (χ0) is 25.3. The third-order valence-electron chi connectivity index (χ3n) is 6.61. The molecule has 5 rings (SSSR count). The van der Waals surface area contributed by atoms with Crippen LogP contribution in [0.3, 0.4) is 0 Å². The van der Waals surface area contributed by atoms with E-state index in [1.807, 2.05) is 68.4 Å². The van der Waals surface area contributed by atoms with E-state index in [-0.39, 0.29) is 11.8 Å². The van der Waals surface area contributed by atoms with E-state index in [1.165, 1.54) is 11.3 Å². The summed E-state index contributed by atoms with van der Waals surface area (Å²) in [6.07, 6.45) is 0. The molecule has 0 radical (unpaired) electrons. The number of rotatable bonds is 6. The lowest BCUT2D eigenvalue weighted by Gasteiger charge is -2.34. The highest BCUT2D eigenvalue weighted by Gasteiger charge is 2.25. The SMILES string of the molecule is CN1CCN(c2ccc(C(=O)Nc3n[nH]c4cc(C(=O)NC(C)(C)c5ccccc5)sc34)cc2)CC1. The normalized spacial score (nSPS) is 14.7. The number of hydrogen-bond donors (Lipinski definition) is 3. The number of aromatic nitrogens is 2. The zero-order valence-electron chi connectivity index (χ0n) is 20.7. The first-order chi connectivity index (χ1) is 17.3. The van der Waals surface area contributed by atoms with Crippen molar-refractivity contribution in [2.45, 2.75) is 19.4 Å². The van der Waals surface area contributed by atoms with Crippen LogP contribution in [0.5, 0.6) is 0 Å². The maximum absolute atomic E-state index is 13.0. The van der Waals surface area contributed by atoms with Gasteiger partial charge in [0.05, 0.1) is 20.6 Å². The maximum Gasteiger partial charge on any atom is 0.262 e. The van der Waals surface area contributed by atoms with Gasteiger partial charge < -0.3 is 20.4 Å². The summed E-state index contributed by atoms with van der Waals surface area (Å²) >= 11 is 1.30. The Balaban J connectivity index is 1.27. The molecule has 9 heteroatoms. The van der Waals surface area contributed by atoms with Crippen molar-refractivity contribution >= 4 is 44.9 Å². The molecule has 3 N–H and O–H groups in total. The number of hydrogen-bond acceptors (Lipinski definition) is 6. The molecule has 3 heterocycles. The van der Waals surface area contributed by atoms with Gasteiger partial charge in [-0.25, -0.2) is 0 Å². The molecule has 0 atom stereocenters. The van der Waals surface area contributed by atoms with Crippen LogP contribution >= 0.6 is 11.3 Å². The summed E-state index contributed by atoms with van der Waals surface area (Å²) < 4.78 is 0.736. The monoisotopic (exact) mass is 502 g/mol. The Labute approximate surface area is 214 Å². The summed E-state index contributed by atoms with van der Waals surface area (Å²) in [5, 5.41) is 13.2. The molecule has 2 aromatic carbocycles. The first kappa shape index (κ1) is 24.0. The zero-order valence-corrected chi connectivity index (χ0v) is 21.5. The number of thiophene rings is 1. The number of likely N-dealkylation sites (N-methyl/N-ethyl adjacent to an activating group) is 1. The highest BCUT2D eigenvalue weighted by atomic mass is 32.1. The lowest BCUT2D eigenvalue weighted by atomic mass is 9.94. The molecule has 1 aliphatic rings. The molecule has 0 aliphatic carbocycles. The van der Waals surface area contributed by atoms with Crippen LogP contribution in [0.2, 0.25) is 0 Å². The van der Waals surface area contributed by atoms with Gasteiger partial charge in [-0.15, -0.1) is 11.3 Å². The van der Waals surface area contributed by atoms with Gasteiger partial charge >= 0.3 is 0 Å². The lowest BCUT2D eigenvalue weighted by Crippen LogP contribution is -2.44. The predicted octanol–water partition coefficient (Wildman–Crippen LogP) is 4.29. The summed E-state index contributed by atoms with van der Waals surface area (Å²) in [6.45, 7) is 7.96. The molecule has 8 nitrogen and oxygen atoms in total. The number of aromatic amines is 1. The van der Waals surface area contributed by atoms with Crippen LogP contribution in [0.1, 0.15) is 39.4 Å². The van der Waals surface area contributed by atoms with Crippen molar-refractivity contribution in [2.75, 3.05) is 43.4 Å². The van der Waals surface area contributed by atoms with Gasteiger partial charge in [0.1, 0.15) is 0 Å². The molecule has 0 unspecified atom stereocenters. The average Bonchev–Trinajstić information content (AvgIpc) is 3.47. The minimum Gasteiger partial charge on any atom is -0.369 e. The fourth-order valence-electron chi connectivity index (χ4n) is 4.35. The maximum atomic E-state index is 13.0. The van der Waals surface area contributed by atoms with Crippen molar-refractivity contribution in [3.63, 3.8) is 0 Å². The van der Waals surface area contributed by atoms with E-state index in [2.05, 4.69) is 37.7 Å². The molecule has 36 heavy (non-hydrogen) atoms. The first-order valence-corrected chi connectivity index (χ1v) is 12.8. The minimum atomic E-state index is -0.526. The molecule has 0 saturated carbocycles. The summed E-state index contributed by atoms with van der Waals surface area (Å²) in [5.41, 5.74) is 2.89. The van der Waals surface area contributed by atoms with Gasteiger partial charge in [-0.05, 0) is 56.8 Å². The molecule has 1 aliphatic heterocycles. The van der Waals surface area contributed by atoms with Gasteiger partial charge in [0.2, 0.25) is 0 Å². The molecule has 186 valence electrons. The first-order valence-electron chi connectivity index (χ1n) is 12.0. The minimum absolute atomic E-state index is 0.171. The Morgan fingerprint density at radius 2 is 1.67 bits per heavy atom. The van der Waals surface area contributed by atoms with E-state index in [0.717, 1.165) is 42.1 Å². The lowest BCUT2D eigenvalue weighted by molar-refractivity contribution is 0.0915. The second-order valence-electron chi connectivity index (χ2n) is 9.66. The fourth-order valence-corrected chi connectivity index (χ4v) is 5.30. The number of fused-ring (bicyclic) bond motifs is 1. The third-order valence-corrected chi connectivity index (χ3v) is 7.75. The number of anilines is 2. The van der Waals surface area contributed by atoms with Crippen molar-refractivity contribution < 1.29 is 9.59 Å². The molecule has 2 aromatic heterocycles. The smallest absolute Gasteiger partial charge is 0.262 e. The second-order valence-corrected chi connectivity index (χ2v) is 10.7. The molecular formula is C27H30N6O2S. The van der Waals surface area contributed by atoms with Crippen LogP contribution in [0.4, 0.5) is 11.5 Å². The number of amides is 2. The summed E-state index contributed by atoms with van der Waals surface area (Å²) in [7, 11) is 2.13. The van der Waals surface area contributed by atoms with E-state index in [9.17, 15) is 9.59 Å². The highest BCUT2D eigenvalue weighted by Crippen LogP contribution is 2.31. The largest absolute Gasteiger partial charge is 0.369 e. The summed E-state index contributed by atoms with van der Waals surface area (Å²) in [5.74, 6) is 0.0117. The number of piperazine rings is 1. The van der Waals surface area contributed by atoms with E-state index in [4.69, 9.17) is 0 Å². The molecule has 4 aromatic rings. The van der Waals surface area contributed by atoms with Crippen LogP contribution in [-0.2, 0) is 5.54 Å². The quantitative estimate of drug-likeness (QED) is 0.366. The van der Waals surface area contributed by atoms with Crippen molar-refractivity contribution in [3.8, 4) is 0 Å². The Kier molecular flexibility index (Phi) is 6.51. The van der Waals surface area contributed by atoms with E-state index >= 15 is 0 Å². The topological polar surface area (TPSA) is 93.4 Å². The summed E-state index contributed by atoms with van der Waals surface area (Å²) in [6, 6.07) is 19.3. The van der Waals surface area contributed by atoms with Crippen molar-refractivity contribution in [3.05, 3.63) is 76.7 Å². The Morgan fingerprint density at radius 1 is 0.972 bits per heavy atom. The number of carbonyl (C=O) groups excluding carboxylic acids is 2. The molecule has 0 spiro atoms. The van der Waals surface area contributed by atoms with Crippen molar-refractivity contribution in [2.24, 2.45) is 0 Å². The number of H-pyrrole nitrogens is 1.